The summed E-state index contributed by atoms with van der Waals surface area (Å²) >= 11 is 1.81. The summed E-state index contributed by atoms with van der Waals surface area (Å²) in [5.41, 5.74) is -0.683. The van der Waals surface area contributed by atoms with Crippen LogP contribution < -0.4 is 10.6 Å². The molecule has 1 aromatic rings. The molecule has 1 aromatic heterocycles. The Hall–Kier alpha value is -1.11. The van der Waals surface area contributed by atoms with Crippen molar-refractivity contribution in [2.75, 3.05) is 29.2 Å². The molecule has 2 heterocycles. The highest BCUT2D eigenvalue weighted by atomic mass is 32.2. The molecule has 1 atom stereocenters. The zero-order chi connectivity index (χ0) is 13.9. The van der Waals surface area contributed by atoms with Gasteiger partial charge in [0.15, 0.2) is 0 Å². The molecule has 106 valence electrons. The van der Waals surface area contributed by atoms with Crippen molar-refractivity contribution in [3.05, 3.63) is 17.7 Å². The van der Waals surface area contributed by atoms with Crippen molar-refractivity contribution in [2.45, 2.75) is 25.1 Å². The van der Waals surface area contributed by atoms with E-state index in [2.05, 4.69) is 15.6 Å². The number of nitrogens with zero attached hydrogens (tertiary/aromatic N) is 1. The van der Waals surface area contributed by atoms with E-state index >= 15 is 0 Å². The fraction of sp³-hybridized carbons (Fsp3) is 0.583. The summed E-state index contributed by atoms with van der Waals surface area (Å²) in [7, 11) is 1.56. The van der Waals surface area contributed by atoms with E-state index in [1.807, 2.05) is 11.8 Å². The van der Waals surface area contributed by atoms with E-state index in [1.165, 1.54) is 0 Å². The minimum Gasteiger partial charge on any atom is -0.373 e. The first kappa shape index (κ1) is 14.3. The van der Waals surface area contributed by atoms with Crippen LogP contribution in [0.1, 0.15) is 18.4 Å². The fourth-order valence-corrected chi connectivity index (χ4v) is 3.03. The Bertz CT molecular complexity index is 431. The van der Waals surface area contributed by atoms with Gasteiger partial charge in [0, 0.05) is 18.8 Å². The molecule has 0 radical (unpaired) electrons. The minimum absolute atomic E-state index is 0.194. The van der Waals surface area contributed by atoms with E-state index in [9.17, 15) is 13.2 Å². The lowest BCUT2D eigenvalue weighted by Crippen LogP contribution is -2.26. The number of aromatic nitrogens is 1. The summed E-state index contributed by atoms with van der Waals surface area (Å²) in [5.74, 6) is 2.54. The lowest BCUT2D eigenvalue weighted by molar-refractivity contribution is -0.137. The smallest absolute Gasteiger partial charge is 0.373 e. The maximum Gasteiger partial charge on any atom is 0.416 e. The first-order valence-corrected chi connectivity index (χ1v) is 7.26. The van der Waals surface area contributed by atoms with Crippen LogP contribution in [0.5, 0.6) is 0 Å². The lowest BCUT2D eigenvalue weighted by atomic mass is 10.2. The molecular formula is C12H16F3N3S. The number of hydrogen-bond donors (Lipinski definition) is 2. The molecular weight excluding hydrogens is 275 g/mol. The number of halogens is 3. The molecule has 0 aliphatic carbocycles. The summed E-state index contributed by atoms with van der Waals surface area (Å²) in [6, 6.07) is 2.28. The normalized spacial score (nSPS) is 20.1. The van der Waals surface area contributed by atoms with Gasteiger partial charge in [0.2, 0.25) is 0 Å². The number of hydrogen-bond acceptors (Lipinski definition) is 4. The molecule has 7 heteroatoms. The Balaban J connectivity index is 2.19. The Morgan fingerprint density at radius 2 is 2.05 bits per heavy atom. The second-order valence-corrected chi connectivity index (χ2v) is 5.58. The van der Waals surface area contributed by atoms with Crippen molar-refractivity contribution in [1.29, 1.82) is 0 Å². The van der Waals surface area contributed by atoms with E-state index < -0.39 is 11.7 Å². The summed E-state index contributed by atoms with van der Waals surface area (Å²) in [4.78, 5) is 4.13. The predicted molar refractivity (Wildman–Crippen MR) is 72.8 cm³/mol. The second kappa shape index (κ2) is 5.90. The van der Waals surface area contributed by atoms with Gasteiger partial charge in [-0.25, -0.2) is 4.98 Å². The molecule has 1 saturated heterocycles. The highest BCUT2D eigenvalue weighted by molar-refractivity contribution is 7.99. The second-order valence-electron chi connectivity index (χ2n) is 4.43. The number of thioether (sulfide) groups is 1. The van der Waals surface area contributed by atoms with Gasteiger partial charge in [0.1, 0.15) is 11.6 Å². The lowest BCUT2D eigenvalue weighted by Gasteiger charge is -2.23. The number of rotatable bonds is 3. The standard InChI is InChI=1S/C12H16F3N3S/c1-16-10-5-8(12(13,14)15)6-11(18-10)17-9-3-2-4-19-7-9/h5-6,9H,2-4,7H2,1H3,(H2,16,17,18). The number of anilines is 2. The molecule has 2 N–H and O–H groups in total. The van der Waals surface area contributed by atoms with Gasteiger partial charge >= 0.3 is 6.18 Å². The SMILES string of the molecule is CNc1cc(C(F)(F)F)cc(NC2CCCSC2)n1. The number of pyridine rings is 1. The third-order valence-corrected chi connectivity index (χ3v) is 4.14. The zero-order valence-electron chi connectivity index (χ0n) is 10.5. The van der Waals surface area contributed by atoms with Crippen molar-refractivity contribution in [3.8, 4) is 0 Å². The van der Waals surface area contributed by atoms with Crippen molar-refractivity contribution in [2.24, 2.45) is 0 Å². The molecule has 1 fully saturated rings. The highest BCUT2D eigenvalue weighted by Crippen LogP contribution is 2.32. The Morgan fingerprint density at radius 1 is 1.32 bits per heavy atom. The van der Waals surface area contributed by atoms with Crippen molar-refractivity contribution < 1.29 is 13.2 Å². The topological polar surface area (TPSA) is 37.0 Å². The maximum atomic E-state index is 12.8. The van der Waals surface area contributed by atoms with Crippen LogP contribution in [0, 0.1) is 0 Å². The van der Waals surface area contributed by atoms with Gasteiger partial charge in [-0.3, -0.25) is 0 Å². The third kappa shape index (κ3) is 3.92. The van der Waals surface area contributed by atoms with Crippen LogP contribution in [0.4, 0.5) is 24.8 Å². The molecule has 0 spiro atoms. The minimum atomic E-state index is -4.35. The molecule has 3 nitrogen and oxygen atoms in total. The van der Waals surface area contributed by atoms with Crippen molar-refractivity contribution in [3.63, 3.8) is 0 Å². The van der Waals surface area contributed by atoms with Crippen LogP contribution in [0.3, 0.4) is 0 Å². The van der Waals surface area contributed by atoms with E-state index in [1.54, 1.807) is 7.05 Å². The van der Waals surface area contributed by atoms with Gasteiger partial charge in [0.25, 0.3) is 0 Å². The van der Waals surface area contributed by atoms with Gasteiger partial charge in [0.05, 0.1) is 5.56 Å². The molecule has 2 rings (SSSR count). The van der Waals surface area contributed by atoms with Gasteiger partial charge < -0.3 is 10.6 Å². The van der Waals surface area contributed by atoms with E-state index in [0.29, 0.717) is 0 Å². The fourth-order valence-electron chi connectivity index (χ4n) is 1.96. The Kier molecular flexibility index (Phi) is 4.44. The van der Waals surface area contributed by atoms with E-state index in [0.717, 1.165) is 36.5 Å². The van der Waals surface area contributed by atoms with Crippen LogP contribution in [0.2, 0.25) is 0 Å². The number of nitrogens with one attached hydrogen (secondary N) is 2. The van der Waals surface area contributed by atoms with Gasteiger partial charge in [-0.2, -0.15) is 24.9 Å². The highest BCUT2D eigenvalue weighted by Gasteiger charge is 2.31. The Labute approximate surface area is 114 Å². The molecule has 1 aliphatic heterocycles. The molecule has 0 saturated carbocycles. The Morgan fingerprint density at radius 3 is 2.63 bits per heavy atom. The van der Waals surface area contributed by atoms with Crippen molar-refractivity contribution >= 4 is 23.4 Å². The first-order chi connectivity index (χ1) is 8.99. The average molecular weight is 291 g/mol. The van der Waals surface area contributed by atoms with Gasteiger partial charge in [-0.15, -0.1) is 0 Å². The molecule has 0 aromatic carbocycles. The average Bonchev–Trinajstić information content (AvgIpc) is 2.38. The number of alkyl halides is 3. The van der Waals surface area contributed by atoms with Crippen LogP contribution in [-0.4, -0.2) is 29.6 Å². The summed E-state index contributed by atoms with van der Waals surface area (Å²) in [6.07, 6.45) is -2.30. The zero-order valence-corrected chi connectivity index (χ0v) is 11.4. The molecule has 1 unspecified atom stereocenters. The summed E-state index contributed by atoms with van der Waals surface area (Å²) in [6.45, 7) is 0. The quantitative estimate of drug-likeness (QED) is 0.894. The van der Waals surface area contributed by atoms with E-state index in [4.69, 9.17) is 0 Å². The largest absolute Gasteiger partial charge is 0.416 e. The first-order valence-electron chi connectivity index (χ1n) is 6.10. The summed E-state index contributed by atoms with van der Waals surface area (Å²) < 4.78 is 38.3. The third-order valence-electron chi connectivity index (χ3n) is 2.92. The molecule has 0 bridgehead atoms. The summed E-state index contributed by atoms with van der Waals surface area (Å²) in [5, 5.41) is 5.76. The molecule has 0 amide bonds. The van der Waals surface area contributed by atoms with Crippen molar-refractivity contribution in [1.82, 2.24) is 4.98 Å². The van der Waals surface area contributed by atoms with Crippen LogP contribution in [0.15, 0.2) is 12.1 Å². The van der Waals surface area contributed by atoms with Crippen LogP contribution in [0.25, 0.3) is 0 Å². The maximum absolute atomic E-state index is 12.8. The molecule has 19 heavy (non-hydrogen) atoms. The molecule has 1 aliphatic rings. The van der Waals surface area contributed by atoms with E-state index in [-0.39, 0.29) is 17.7 Å². The van der Waals surface area contributed by atoms with Gasteiger partial charge in [-0.1, -0.05) is 0 Å². The predicted octanol–water partition coefficient (Wildman–Crippen LogP) is 3.45. The van der Waals surface area contributed by atoms with Crippen LogP contribution in [-0.2, 0) is 6.18 Å². The monoisotopic (exact) mass is 291 g/mol. The van der Waals surface area contributed by atoms with Crippen LogP contribution >= 0.6 is 11.8 Å². The van der Waals surface area contributed by atoms with Gasteiger partial charge in [-0.05, 0) is 30.7 Å².